The van der Waals surface area contributed by atoms with Gasteiger partial charge in [-0.3, -0.25) is 14.4 Å². The Bertz CT molecular complexity index is 1500. The van der Waals surface area contributed by atoms with Crippen molar-refractivity contribution in [1.29, 1.82) is 0 Å². The molecule has 3 N–H and O–H groups in total. The second-order valence-electron chi connectivity index (χ2n) is 7.72. The van der Waals surface area contributed by atoms with Crippen LogP contribution in [0.15, 0.2) is 77.9 Å². The van der Waals surface area contributed by atoms with E-state index in [4.69, 9.17) is 23.2 Å². The predicted octanol–water partition coefficient (Wildman–Crippen LogP) is 5.19. The lowest BCUT2D eigenvalue weighted by Crippen LogP contribution is -2.33. The molecule has 180 valence electrons. The molecular formula is C26H19Cl2N5O3. The summed E-state index contributed by atoms with van der Waals surface area (Å²) >= 11 is 12.1. The Balaban J connectivity index is 1.41. The molecule has 4 rings (SSSR count). The smallest absolute Gasteiger partial charge is 0.322 e. The monoisotopic (exact) mass is 519 g/mol. The van der Waals surface area contributed by atoms with Crippen molar-refractivity contribution < 1.29 is 14.4 Å². The summed E-state index contributed by atoms with van der Waals surface area (Å²) in [7, 11) is 0. The number of hydrazone groups is 1. The fraction of sp³-hybridized carbons (Fsp3) is 0.0385. The lowest BCUT2D eigenvalue weighted by atomic mass is 10.1. The van der Waals surface area contributed by atoms with Gasteiger partial charge in [-0.1, -0.05) is 47.5 Å². The summed E-state index contributed by atoms with van der Waals surface area (Å²) < 4.78 is 0. The van der Waals surface area contributed by atoms with Gasteiger partial charge < -0.3 is 10.6 Å². The van der Waals surface area contributed by atoms with Crippen LogP contribution in [-0.4, -0.2) is 28.9 Å². The van der Waals surface area contributed by atoms with Crippen molar-refractivity contribution in [1.82, 2.24) is 10.4 Å². The average Bonchev–Trinajstić information content (AvgIpc) is 2.86. The number of amides is 3. The molecule has 0 aliphatic heterocycles. The van der Waals surface area contributed by atoms with Crippen LogP contribution in [0.3, 0.4) is 0 Å². The molecule has 8 nitrogen and oxygen atoms in total. The van der Waals surface area contributed by atoms with Crippen LogP contribution < -0.4 is 16.1 Å². The summed E-state index contributed by atoms with van der Waals surface area (Å²) in [4.78, 5) is 41.7. The normalized spacial score (nSPS) is 10.9. The van der Waals surface area contributed by atoms with Crippen LogP contribution in [-0.2, 0) is 9.59 Å². The largest absolute Gasteiger partial charge is 0.329 e. The Morgan fingerprint density at radius 2 is 1.64 bits per heavy atom. The lowest BCUT2D eigenvalue weighted by molar-refractivity contribution is -0.136. The molecule has 0 spiro atoms. The van der Waals surface area contributed by atoms with E-state index in [0.29, 0.717) is 16.3 Å². The summed E-state index contributed by atoms with van der Waals surface area (Å²) in [6.07, 6.45) is 1.30. The first-order chi connectivity index (χ1) is 17.3. The number of rotatable bonds is 5. The van der Waals surface area contributed by atoms with Gasteiger partial charge in [-0.15, -0.1) is 0 Å². The van der Waals surface area contributed by atoms with Gasteiger partial charge in [0.2, 0.25) is 0 Å². The number of halogens is 2. The van der Waals surface area contributed by atoms with Crippen molar-refractivity contribution in [2.45, 2.75) is 6.92 Å². The minimum atomic E-state index is -1.03. The molecule has 0 radical (unpaired) electrons. The van der Waals surface area contributed by atoms with E-state index in [1.807, 2.05) is 25.1 Å². The first-order valence-corrected chi connectivity index (χ1v) is 11.4. The second kappa shape index (κ2) is 11.0. The molecule has 36 heavy (non-hydrogen) atoms. The highest BCUT2D eigenvalue weighted by Gasteiger charge is 2.18. The highest BCUT2D eigenvalue weighted by Crippen LogP contribution is 2.21. The minimum Gasteiger partial charge on any atom is -0.322 e. The second-order valence-corrected chi connectivity index (χ2v) is 8.52. The van der Waals surface area contributed by atoms with Crippen molar-refractivity contribution in [2.24, 2.45) is 5.10 Å². The number of pyridine rings is 1. The highest BCUT2D eigenvalue weighted by atomic mass is 35.5. The van der Waals surface area contributed by atoms with Crippen LogP contribution in [0.1, 0.15) is 21.5 Å². The van der Waals surface area contributed by atoms with E-state index in [-0.39, 0.29) is 16.4 Å². The van der Waals surface area contributed by atoms with E-state index in [9.17, 15) is 14.4 Å². The number of nitrogens with one attached hydrogen (secondary N) is 3. The third kappa shape index (κ3) is 6.04. The van der Waals surface area contributed by atoms with Crippen LogP contribution in [0.2, 0.25) is 10.2 Å². The molecule has 0 atom stereocenters. The van der Waals surface area contributed by atoms with Gasteiger partial charge in [-0.05, 0) is 61.0 Å². The summed E-state index contributed by atoms with van der Waals surface area (Å²) in [5.74, 6) is -2.50. The van der Waals surface area contributed by atoms with Gasteiger partial charge in [0.25, 0.3) is 5.91 Å². The van der Waals surface area contributed by atoms with Crippen LogP contribution in [0.4, 0.5) is 11.4 Å². The molecule has 0 aliphatic rings. The molecule has 0 fully saturated rings. The summed E-state index contributed by atoms with van der Waals surface area (Å²) in [6.45, 7) is 1.95. The SMILES string of the molecule is Cc1ccc2cc(/C=N/NC(=O)C(=O)Nc3ccccc3C(=O)Nc3ccc(Cl)cc3)c(Cl)nc2c1. The van der Waals surface area contributed by atoms with Crippen molar-refractivity contribution >= 4 is 69.4 Å². The van der Waals surface area contributed by atoms with Crippen LogP contribution >= 0.6 is 23.2 Å². The number of carbonyl (C=O) groups is 3. The number of fused-ring (bicyclic) bond motifs is 1. The third-order valence-electron chi connectivity index (χ3n) is 5.05. The molecule has 0 saturated carbocycles. The standard InChI is InChI=1S/C26H19Cl2N5O3/c1-15-6-7-16-13-17(23(28)31-22(16)12-15)14-29-33-26(36)25(35)32-21-5-3-2-4-20(21)24(34)30-19-10-8-18(27)9-11-19/h2-14H,1H3,(H,30,34)(H,32,35)(H,33,36)/b29-14+. The van der Waals surface area contributed by atoms with Gasteiger partial charge in [-0.2, -0.15) is 5.10 Å². The first-order valence-electron chi connectivity index (χ1n) is 10.7. The van der Waals surface area contributed by atoms with E-state index < -0.39 is 17.7 Å². The van der Waals surface area contributed by atoms with E-state index in [2.05, 4.69) is 26.1 Å². The minimum absolute atomic E-state index is 0.158. The number of anilines is 2. The van der Waals surface area contributed by atoms with Gasteiger partial charge >= 0.3 is 11.8 Å². The number of carbonyl (C=O) groups excluding carboxylic acids is 3. The maximum absolute atomic E-state index is 12.7. The summed E-state index contributed by atoms with van der Waals surface area (Å²) in [6, 6.07) is 20.4. The molecule has 4 aromatic rings. The quantitative estimate of drug-likeness (QED) is 0.146. The zero-order valence-electron chi connectivity index (χ0n) is 18.9. The number of benzene rings is 3. The predicted molar refractivity (Wildman–Crippen MR) is 142 cm³/mol. The fourth-order valence-electron chi connectivity index (χ4n) is 3.27. The Labute approximate surface area is 216 Å². The summed E-state index contributed by atoms with van der Waals surface area (Å²) in [5, 5.41) is 10.5. The van der Waals surface area contributed by atoms with Gasteiger partial charge in [0.15, 0.2) is 0 Å². The van der Waals surface area contributed by atoms with Crippen LogP contribution in [0.5, 0.6) is 0 Å². The number of aromatic nitrogens is 1. The van der Waals surface area contributed by atoms with Gasteiger partial charge in [0.05, 0.1) is 23.0 Å². The number of hydrogen-bond donors (Lipinski definition) is 3. The van der Waals surface area contributed by atoms with Gasteiger partial charge in [0.1, 0.15) is 5.15 Å². The van der Waals surface area contributed by atoms with E-state index in [0.717, 1.165) is 16.5 Å². The number of nitrogens with zero attached hydrogens (tertiary/aromatic N) is 2. The zero-order chi connectivity index (χ0) is 25.7. The maximum atomic E-state index is 12.7. The third-order valence-corrected chi connectivity index (χ3v) is 5.61. The average molecular weight is 520 g/mol. The van der Waals surface area contributed by atoms with Crippen molar-refractivity contribution in [3.8, 4) is 0 Å². The summed E-state index contributed by atoms with van der Waals surface area (Å²) in [5.41, 5.74) is 5.25. The fourth-order valence-corrected chi connectivity index (χ4v) is 3.59. The lowest BCUT2D eigenvalue weighted by Gasteiger charge is -2.11. The van der Waals surface area contributed by atoms with Crippen molar-refractivity contribution in [2.75, 3.05) is 10.6 Å². The molecule has 3 aromatic carbocycles. The molecule has 10 heteroatoms. The van der Waals surface area contributed by atoms with Crippen LogP contribution in [0, 0.1) is 6.92 Å². The maximum Gasteiger partial charge on any atom is 0.329 e. The van der Waals surface area contributed by atoms with Crippen molar-refractivity contribution in [3.05, 3.63) is 99.7 Å². The van der Waals surface area contributed by atoms with Gasteiger partial charge in [-0.25, -0.2) is 10.4 Å². The first kappa shape index (κ1) is 24.8. The number of para-hydroxylation sites is 1. The number of hydrogen-bond acceptors (Lipinski definition) is 5. The molecule has 0 unspecified atom stereocenters. The Morgan fingerprint density at radius 1 is 0.889 bits per heavy atom. The van der Waals surface area contributed by atoms with E-state index >= 15 is 0 Å². The molecule has 1 heterocycles. The number of aryl methyl sites for hydroxylation is 1. The Hall–Kier alpha value is -4.27. The Morgan fingerprint density at radius 3 is 2.42 bits per heavy atom. The van der Waals surface area contributed by atoms with E-state index in [1.165, 1.54) is 18.3 Å². The molecule has 0 aliphatic carbocycles. The van der Waals surface area contributed by atoms with Crippen molar-refractivity contribution in [3.63, 3.8) is 0 Å². The molecule has 3 amide bonds. The highest BCUT2D eigenvalue weighted by molar-refractivity contribution is 6.40. The van der Waals surface area contributed by atoms with Crippen LogP contribution in [0.25, 0.3) is 10.9 Å². The Kier molecular flexibility index (Phi) is 7.58. The molecule has 0 bridgehead atoms. The zero-order valence-corrected chi connectivity index (χ0v) is 20.4. The van der Waals surface area contributed by atoms with Gasteiger partial charge in [0, 0.05) is 21.7 Å². The topological polar surface area (TPSA) is 113 Å². The van der Waals surface area contributed by atoms with E-state index in [1.54, 1.807) is 42.5 Å². The molecule has 0 saturated heterocycles. The molecular weight excluding hydrogens is 501 g/mol. The molecule has 1 aromatic heterocycles.